The summed E-state index contributed by atoms with van der Waals surface area (Å²) in [5.74, 6) is -0.294. The van der Waals surface area contributed by atoms with Gasteiger partial charge in [0.2, 0.25) is 5.91 Å². The summed E-state index contributed by atoms with van der Waals surface area (Å²) in [6.07, 6.45) is 1.44. The molecule has 7 nitrogen and oxygen atoms in total. The first-order valence-corrected chi connectivity index (χ1v) is 8.83. The maximum atomic E-state index is 12.1. The standard InChI is InChI=1S/C14H9ClN4O3S2/c15-8-1-2-9(11(5-8)19(21)22)18-12(20)6-24-14-13-10(3-4-23-13)16-7-17-14/h1-5,7H,6H2,(H,18,20). The van der Waals surface area contributed by atoms with Gasteiger partial charge < -0.3 is 5.32 Å². The first kappa shape index (κ1) is 16.6. The Hall–Kier alpha value is -2.23. The van der Waals surface area contributed by atoms with E-state index in [1.165, 1.54) is 47.6 Å². The van der Waals surface area contributed by atoms with Crippen molar-refractivity contribution in [2.24, 2.45) is 0 Å². The quantitative estimate of drug-likeness (QED) is 0.311. The third kappa shape index (κ3) is 3.64. The van der Waals surface area contributed by atoms with Crippen LogP contribution in [0, 0.1) is 10.1 Å². The lowest BCUT2D eigenvalue weighted by molar-refractivity contribution is -0.383. The largest absolute Gasteiger partial charge is 0.320 e. The van der Waals surface area contributed by atoms with Crippen LogP contribution in [-0.2, 0) is 4.79 Å². The van der Waals surface area contributed by atoms with E-state index in [0.717, 1.165) is 10.2 Å². The molecule has 3 aromatic rings. The van der Waals surface area contributed by atoms with Crippen molar-refractivity contribution in [3.8, 4) is 0 Å². The Bertz CT molecular complexity index is 931. The molecule has 24 heavy (non-hydrogen) atoms. The zero-order valence-electron chi connectivity index (χ0n) is 11.9. The minimum absolute atomic E-state index is 0.0732. The number of nitro groups is 1. The molecule has 10 heteroatoms. The molecular formula is C14H9ClN4O3S2. The van der Waals surface area contributed by atoms with Crippen molar-refractivity contribution in [2.75, 3.05) is 11.1 Å². The highest BCUT2D eigenvalue weighted by molar-refractivity contribution is 8.00. The van der Waals surface area contributed by atoms with E-state index in [4.69, 9.17) is 11.6 Å². The smallest absolute Gasteiger partial charge is 0.294 e. The second-order valence-electron chi connectivity index (χ2n) is 4.57. The van der Waals surface area contributed by atoms with Crippen LogP contribution in [0.5, 0.6) is 0 Å². The van der Waals surface area contributed by atoms with Crippen LogP contribution in [0.4, 0.5) is 11.4 Å². The van der Waals surface area contributed by atoms with Crippen LogP contribution in [0.3, 0.4) is 0 Å². The molecule has 2 aromatic heterocycles. The number of benzene rings is 1. The number of anilines is 1. The maximum Gasteiger partial charge on any atom is 0.294 e. The lowest BCUT2D eigenvalue weighted by atomic mass is 10.2. The number of thiophene rings is 1. The van der Waals surface area contributed by atoms with Crippen molar-refractivity contribution in [1.29, 1.82) is 0 Å². The zero-order chi connectivity index (χ0) is 17.1. The predicted octanol–water partition coefficient (Wildman–Crippen LogP) is 3.98. The van der Waals surface area contributed by atoms with Gasteiger partial charge in [0.25, 0.3) is 5.69 Å². The van der Waals surface area contributed by atoms with Crippen LogP contribution < -0.4 is 5.32 Å². The number of halogens is 1. The molecule has 3 rings (SSSR count). The van der Waals surface area contributed by atoms with Gasteiger partial charge in [-0.15, -0.1) is 11.3 Å². The van der Waals surface area contributed by atoms with Crippen LogP contribution in [0.15, 0.2) is 41.0 Å². The van der Waals surface area contributed by atoms with Crippen LogP contribution in [0.2, 0.25) is 5.02 Å². The maximum absolute atomic E-state index is 12.1. The van der Waals surface area contributed by atoms with E-state index in [1.54, 1.807) is 0 Å². The van der Waals surface area contributed by atoms with Gasteiger partial charge in [0.1, 0.15) is 17.0 Å². The minimum atomic E-state index is -0.589. The number of nitrogens with one attached hydrogen (secondary N) is 1. The molecule has 0 unspecified atom stereocenters. The molecule has 0 aliphatic rings. The number of rotatable bonds is 5. The molecule has 0 aliphatic heterocycles. The average Bonchev–Trinajstić information content (AvgIpc) is 3.03. The molecule has 1 N–H and O–H groups in total. The normalized spacial score (nSPS) is 10.7. The number of aromatic nitrogens is 2. The second-order valence-corrected chi connectivity index (χ2v) is 6.89. The fourth-order valence-electron chi connectivity index (χ4n) is 1.95. The van der Waals surface area contributed by atoms with Crippen LogP contribution in [0.1, 0.15) is 0 Å². The van der Waals surface area contributed by atoms with Gasteiger partial charge in [0.15, 0.2) is 0 Å². The van der Waals surface area contributed by atoms with Gasteiger partial charge >= 0.3 is 0 Å². The van der Waals surface area contributed by atoms with E-state index in [1.807, 2.05) is 11.4 Å². The van der Waals surface area contributed by atoms with Crippen molar-refractivity contribution in [3.63, 3.8) is 0 Å². The van der Waals surface area contributed by atoms with E-state index < -0.39 is 4.92 Å². The minimum Gasteiger partial charge on any atom is -0.320 e. The molecule has 0 atom stereocenters. The highest BCUT2D eigenvalue weighted by Crippen LogP contribution is 2.30. The van der Waals surface area contributed by atoms with Gasteiger partial charge in [0, 0.05) is 11.1 Å². The first-order valence-electron chi connectivity index (χ1n) is 6.59. The average molecular weight is 381 g/mol. The number of carbonyl (C=O) groups excluding carboxylic acids is 1. The van der Waals surface area contributed by atoms with Crippen molar-refractivity contribution < 1.29 is 9.72 Å². The van der Waals surface area contributed by atoms with Crippen molar-refractivity contribution in [1.82, 2.24) is 9.97 Å². The van der Waals surface area contributed by atoms with E-state index in [0.29, 0.717) is 5.03 Å². The Balaban J connectivity index is 1.70. The second kappa shape index (κ2) is 7.12. The van der Waals surface area contributed by atoms with Crippen molar-refractivity contribution in [3.05, 3.63) is 51.1 Å². The molecule has 122 valence electrons. The molecule has 0 aliphatic carbocycles. The number of fused-ring (bicyclic) bond motifs is 1. The molecule has 0 spiro atoms. The van der Waals surface area contributed by atoms with Crippen molar-refractivity contribution in [2.45, 2.75) is 5.03 Å². The van der Waals surface area contributed by atoms with E-state index >= 15 is 0 Å². The monoisotopic (exact) mass is 380 g/mol. The number of carbonyl (C=O) groups is 1. The molecule has 0 bridgehead atoms. The summed E-state index contributed by atoms with van der Waals surface area (Å²) in [7, 11) is 0. The van der Waals surface area contributed by atoms with Gasteiger partial charge in [-0.1, -0.05) is 23.4 Å². The third-order valence-electron chi connectivity index (χ3n) is 2.98. The SMILES string of the molecule is O=C(CSc1ncnc2ccsc12)Nc1ccc(Cl)cc1[N+](=O)[O-]. The molecule has 2 heterocycles. The summed E-state index contributed by atoms with van der Waals surface area (Å²) in [4.78, 5) is 30.8. The van der Waals surface area contributed by atoms with Gasteiger partial charge in [-0.05, 0) is 23.6 Å². The Labute approximate surface area is 149 Å². The Morgan fingerprint density at radius 1 is 1.38 bits per heavy atom. The number of nitro benzene ring substituents is 1. The number of hydrogen-bond donors (Lipinski definition) is 1. The Morgan fingerprint density at radius 2 is 2.21 bits per heavy atom. The first-order chi connectivity index (χ1) is 11.5. The summed E-state index contributed by atoms with van der Waals surface area (Å²) in [6.45, 7) is 0. The fourth-order valence-corrected chi connectivity index (χ4v) is 3.86. The summed E-state index contributed by atoms with van der Waals surface area (Å²) < 4.78 is 0.910. The zero-order valence-corrected chi connectivity index (χ0v) is 14.3. The lowest BCUT2D eigenvalue weighted by Gasteiger charge is -2.06. The molecule has 0 radical (unpaired) electrons. The van der Waals surface area contributed by atoms with Crippen LogP contribution in [0.25, 0.3) is 10.2 Å². The van der Waals surface area contributed by atoms with Gasteiger partial charge in [-0.3, -0.25) is 14.9 Å². The fraction of sp³-hybridized carbons (Fsp3) is 0.0714. The predicted molar refractivity (Wildman–Crippen MR) is 94.9 cm³/mol. The summed E-state index contributed by atoms with van der Waals surface area (Å²) >= 11 is 8.50. The molecule has 0 saturated carbocycles. The third-order valence-corrected chi connectivity index (χ3v) is 5.25. The summed E-state index contributed by atoms with van der Waals surface area (Å²) in [6, 6.07) is 5.97. The highest BCUT2D eigenvalue weighted by atomic mass is 35.5. The number of thioether (sulfide) groups is 1. The number of amides is 1. The topological polar surface area (TPSA) is 98.0 Å². The van der Waals surface area contributed by atoms with Gasteiger partial charge in [-0.25, -0.2) is 9.97 Å². The van der Waals surface area contributed by atoms with E-state index in [9.17, 15) is 14.9 Å². The van der Waals surface area contributed by atoms with Crippen molar-refractivity contribution >= 4 is 62.2 Å². The van der Waals surface area contributed by atoms with Crippen LogP contribution >= 0.6 is 34.7 Å². The number of hydrogen-bond acceptors (Lipinski definition) is 7. The van der Waals surface area contributed by atoms with E-state index in [2.05, 4.69) is 15.3 Å². The lowest BCUT2D eigenvalue weighted by Crippen LogP contribution is -2.15. The summed E-state index contributed by atoms with van der Waals surface area (Å²) in [5.41, 5.74) is 0.689. The Kier molecular flexibility index (Phi) is 4.93. The Morgan fingerprint density at radius 3 is 3.00 bits per heavy atom. The molecule has 1 amide bonds. The molecular weight excluding hydrogens is 372 g/mol. The van der Waals surface area contributed by atoms with Gasteiger partial charge in [-0.2, -0.15) is 0 Å². The molecule has 0 fully saturated rings. The highest BCUT2D eigenvalue weighted by Gasteiger charge is 2.17. The number of nitrogens with zero attached hydrogens (tertiary/aromatic N) is 3. The molecule has 0 saturated heterocycles. The van der Waals surface area contributed by atoms with Gasteiger partial charge in [0.05, 0.1) is 20.9 Å². The van der Waals surface area contributed by atoms with Crippen LogP contribution in [-0.4, -0.2) is 26.6 Å². The molecule has 1 aromatic carbocycles. The summed E-state index contributed by atoms with van der Waals surface area (Å²) in [5, 5.41) is 16.4. The van der Waals surface area contributed by atoms with E-state index in [-0.39, 0.29) is 28.1 Å².